The Balaban J connectivity index is 3.00. The van der Waals surface area contributed by atoms with Crippen molar-refractivity contribution in [2.24, 2.45) is 5.73 Å². The third-order valence-corrected chi connectivity index (χ3v) is 3.73. The SMILES string of the molecule is CCC(N)(CC)COc1cc(F)c(Br)cc1[N+](=O)[O-]. The van der Waals surface area contributed by atoms with Crippen LogP contribution in [0.1, 0.15) is 26.7 Å². The van der Waals surface area contributed by atoms with Crippen molar-refractivity contribution in [2.45, 2.75) is 32.2 Å². The van der Waals surface area contributed by atoms with Crippen molar-refractivity contribution in [3.63, 3.8) is 0 Å². The van der Waals surface area contributed by atoms with Crippen LogP contribution in [0, 0.1) is 15.9 Å². The highest BCUT2D eigenvalue weighted by Gasteiger charge is 2.25. The van der Waals surface area contributed by atoms with Crippen molar-refractivity contribution in [3.05, 3.63) is 32.5 Å². The van der Waals surface area contributed by atoms with Crippen molar-refractivity contribution in [1.29, 1.82) is 0 Å². The van der Waals surface area contributed by atoms with Crippen LogP contribution in [0.3, 0.4) is 0 Å². The monoisotopic (exact) mass is 334 g/mol. The second-order valence-corrected chi connectivity index (χ2v) is 5.20. The number of ether oxygens (including phenoxy) is 1. The first kappa shape index (κ1) is 15.8. The lowest BCUT2D eigenvalue weighted by molar-refractivity contribution is -0.386. The number of halogens is 2. The average Bonchev–Trinajstić information content (AvgIpc) is 2.39. The minimum Gasteiger partial charge on any atom is -0.485 e. The van der Waals surface area contributed by atoms with Gasteiger partial charge in [-0.15, -0.1) is 0 Å². The fraction of sp³-hybridized carbons (Fsp3) is 0.500. The van der Waals surface area contributed by atoms with Crippen LogP contribution >= 0.6 is 15.9 Å². The summed E-state index contributed by atoms with van der Waals surface area (Å²) in [5.74, 6) is -0.723. The van der Waals surface area contributed by atoms with Crippen molar-refractivity contribution >= 4 is 21.6 Å². The summed E-state index contributed by atoms with van der Waals surface area (Å²) in [5.41, 5.74) is 5.18. The Kier molecular flexibility index (Phi) is 5.25. The van der Waals surface area contributed by atoms with E-state index in [9.17, 15) is 14.5 Å². The summed E-state index contributed by atoms with van der Waals surface area (Å²) in [6.45, 7) is 3.91. The van der Waals surface area contributed by atoms with Gasteiger partial charge in [0.05, 0.1) is 9.40 Å². The van der Waals surface area contributed by atoms with Crippen molar-refractivity contribution in [1.82, 2.24) is 0 Å². The van der Waals surface area contributed by atoms with Gasteiger partial charge >= 0.3 is 5.69 Å². The van der Waals surface area contributed by atoms with Gasteiger partial charge in [0.1, 0.15) is 12.4 Å². The zero-order chi connectivity index (χ0) is 14.6. The number of benzene rings is 1. The minimum atomic E-state index is -0.615. The van der Waals surface area contributed by atoms with Crippen LogP contribution in [0.5, 0.6) is 5.75 Å². The highest BCUT2D eigenvalue weighted by atomic mass is 79.9. The molecule has 5 nitrogen and oxygen atoms in total. The fourth-order valence-corrected chi connectivity index (χ4v) is 1.78. The largest absolute Gasteiger partial charge is 0.485 e. The molecule has 0 fully saturated rings. The molecule has 0 atom stereocenters. The molecule has 1 aromatic rings. The normalized spacial score (nSPS) is 11.4. The van der Waals surface area contributed by atoms with E-state index >= 15 is 0 Å². The van der Waals surface area contributed by atoms with Crippen LogP contribution in [0.4, 0.5) is 10.1 Å². The van der Waals surface area contributed by atoms with E-state index in [2.05, 4.69) is 15.9 Å². The van der Waals surface area contributed by atoms with Gasteiger partial charge in [0, 0.05) is 17.7 Å². The molecule has 0 saturated carbocycles. The molecule has 0 radical (unpaired) electrons. The summed E-state index contributed by atoms with van der Waals surface area (Å²) in [4.78, 5) is 10.3. The lowest BCUT2D eigenvalue weighted by Gasteiger charge is -2.26. The van der Waals surface area contributed by atoms with E-state index < -0.39 is 16.3 Å². The van der Waals surface area contributed by atoms with Gasteiger partial charge in [0.2, 0.25) is 0 Å². The molecule has 0 bridgehead atoms. The van der Waals surface area contributed by atoms with E-state index in [1.165, 1.54) is 0 Å². The second-order valence-electron chi connectivity index (χ2n) is 4.35. The predicted molar refractivity (Wildman–Crippen MR) is 73.7 cm³/mol. The molecule has 0 aliphatic carbocycles. The van der Waals surface area contributed by atoms with Crippen LogP contribution < -0.4 is 10.5 Å². The number of rotatable bonds is 6. The molecule has 2 N–H and O–H groups in total. The van der Waals surface area contributed by atoms with E-state index in [1.807, 2.05) is 13.8 Å². The minimum absolute atomic E-state index is 0.0246. The summed E-state index contributed by atoms with van der Waals surface area (Å²) in [6, 6.07) is 2.08. The molecule has 0 heterocycles. The molecule has 1 rings (SSSR count). The molecule has 7 heteroatoms. The van der Waals surface area contributed by atoms with Gasteiger partial charge in [-0.05, 0) is 28.8 Å². The molecule has 0 aliphatic heterocycles. The van der Waals surface area contributed by atoms with E-state index in [-0.39, 0.29) is 22.5 Å². The number of nitrogens with zero attached hydrogens (tertiary/aromatic N) is 1. The van der Waals surface area contributed by atoms with Crippen molar-refractivity contribution < 1.29 is 14.1 Å². The van der Waals surface area contributed by atoms with Gasteiger partial charge in [-0.25, -0.2) is 4.39 Å². The summed E-state index contributed by atoms with van der Waals surface area (Å²) >= 11 is 2.91. The molecule has 0 spiro atoms. The zero-order valence-corrected chi connectivity index (χ0v) is 12.4. The molecule has 1 aromatic carbocycles. The number of hydrogen-bond donors (Lipinski definition) is 1. The Morgan fingerprint density at radius 1 is 1.47 bits per heavy atom. The van der Waals surface area contributed by atoms with Crippen LogP contribution in [0.2, 0.25) is 0 Å². The summed E-state index contributed by atoms with van der Waals surface area (Å²) in [5, 5.41) is 10.9. The first-order chi connectivity index (χ1) is 8.83. The first-order valence-electron chi connectivity index (χ1n) is 5.88. The van der Waals surface area contributed by atoms with Gasteiger partial charge in [-0.2, -0.15) is 0 Å². The fourth-order valence-electron chi connectivity index (χ4n) is 1.45. The van der Waals surface area contributed by atoms with E-state index in [0.717, 1.165) is 12.1 Å². The summed E-state index contributed by atoms with van der Waals surface area (Å²) in [7, 11) is 0. The molecular formula is C12H16BrFN2O3. The van der Waals surface area contributed by atoms with Gasteiger partial charge in [-0.3, -0.25) is 10.1 Å². The molecular weight excluding hydrogens is 319 g/mol. The molecule has 106 valence electrons. The quantitative estimate of drug-likeness (QED) is 0.638. The maximum atomic E-state index is 13.4. The lowest BCUT2D eigenvalue weighted by Crippen LogP contribution is -2.44. The smallest absolute Gasteiger partial charge is 0.312 e. The third-order valence-electron chi connectivity index (χ3n) is 3.12. The van der Waals surface area contributed by atoms with Crippen molar-refractivity contribution in [2.75, 3.05) is 6.61 Å². The summed E-state index contributed by atoms with van der Waals surface area (Å²) in [6.07, 6.45) is 1.33. The molecule has 0 saturated heterocycles. The molecule has 0 unspecified atom stereocenters. The molecule has 0 aliphatic rings. The Hall–Kier alpha value is -1.21. The standard InChI is InChI=1S/C12H16BrFN2O3/c1-3-12(15,4-2)7-19-11-6-9(14)8(13)5-10(11)16(17)18/h5-6H,3-4,7,15H2,1-2H3. The lowest BCUT2D eigenvalue weighted by atomic mass is 9.96. The Morgan fingerprint density at radius 2 is 2.05 bits per heavy atom. The van der Waals surface area contributed by atoms with E-state index in [4.69, 9.17) is 10.5 Å². The average molecular weight is 335 g/mol. The Morgan fingerprint density at radius 3 is 2.53 bits per heavy atom. The Bertz CT molecular complexity index is 478. The number of hydrogen-bond acceptors (Lipinski definition) is 4. The van der Waals surface area contributed by atoms with Gasteiger partial charge < -0.3 is 10.5 Å². The van der Waals surface area contributed by atoms with Crippen LogP contribution in [-0.4, -0.2) is 17.1 Å². The molecule has 19 heavy (non-hydrogen) atoms. The number of nitrogens with two attached hydrogens (primary N) is 1. The number of nitro groups is 1. The van der Waals surface area contributed by atoms with Crippen molar-refractivity contribution in [3.8, 4) is 5.75 Å². The predicted octanol–water partition coefficient (Wildman–Crippen LogP) is 3.39. The molecule has 0 amide bonds. The highest BCUT2D eigenvalue weighted by Crippen LogP contribution is 2.33. The summed E-state index contributed by atoms with van der Waals surface area (Å²) < 4.78 is 18.8. The van der Waals surface area contributed by atoms with Gasteiger partial charge in [0.15, 0.2) is 5.75 Å². The maximum absolute atomic E-state index is 13.4. The van der Waals surface area contributed by atoms with Gasteiger partial charge in [0.25, 0.3) is 0 Å². The number of nitro benzene ring substituents is 1. The topological polar surface area (TPSA) is 78.4 Å². The highest BCUT2D eigenvalue weighted by molar-refractivity contribution is 9.10. The third kappa shape index (κ3) is 3.87. The van der Waals surface area contributed by atoms with Gasteiger partial charge in [-0.1, -0.05) is 13.8 Å². The first-order valence-corrected chi connectivity index (χ1v) is 6.67. The van der Waals surface area contributed by atoms with E-state index in [1.54, 1.807) is 0 Å². The second kappa shape index (κ2) is 6.29. The zero-order valence-electron chi connectivity index (χ0n) is 10.8. The Labute approximate surface area is 119 Å². The van der Waals surface area contributed by atoms with Crippen LogP contribution in [0.25, 0.3) is 0 Å². The van der Waals surface area contributed by atoms with Crippen LogP contribution in [-0.2, 0) is 0 Å². The maximum Gasteiger partial charge on any atom is 0.312 e. The van der Waals surface area contributed by atoms with Crippen LogP contribution in [0.15, 0.2) is 16.6 Å². The molecule has 0 aromatic heterocycles. The van der Waals surface area contributed by atoms with E-state index in [0.29, 0.717) is 12.8 Å².